The van der Waals surface area contributed by atoms with Gasteiger partial charge in [-0.1, -0.05) is 24.3 Å². The summed E-state index contributed by atoms with van der Waals surface area (Å²) in [6.45, 7) is 1.91. The van der Waals surface area contributed by atoms with E-state index in [0.717, 1.165) is 34.1 Å². The Morgan fingerprint density at radius 1 is 1.21 bits per heavy atom. The van der Waals surface area contributed by atoms with Gasteiger partial charge in [-0.15, -0.1) is 0 Å². The second kappa shape index (κ2) is 7.00. The lowest BCUT2D eigenvalue weighted by Gasteiger charge is -2.08. The molecule has 0 saturated heterocycles. The number of ether oxygens (including phenoxy) is 1. The van der Waals surface area contributed by atoms with Crippen LogP contribution in [0, 0.1) is 6.92 Å². The maximum absolute atomic E-state index is 12.3. The number of aromatic nitrogens is 2. The Labute approximate surface area is 140 Å². The highest BCUT2D eigenvalue weighted by Gasteiger charge is 2.07. The van der Waals surface area contributed by atoms with Crippen molar-refractivity contribution < 1.29 is 9.53 Å². The van der Waals surface area contributed by atoms with Crippen LogP contribution in [0.25, 0.3) is 11.3 Å². The van der Waals surface area contributed by atoms with Crippen molar-refractivity contribution in [2.24, 2.45) is 0 Å². The number of methoxy groups -OCH3 is 1. The third kappa shape index (κ3) is 3.81. The van der Waals surface area contributed by atoms with Gasteiger partial charge in [0.25, 0.3) is 0 Å². The molecular formula is C19H19N3O2. The summed E-state index contributed by atoms with van der Waals surface area (Å²) in [7, 11) is 1.61. The predicted octanol–water partition coefficient (Wildman–Crippen LogP) is 3.57. The van der Waals surface area contributed by atoms with E-state index in [1.54, 1.807) is 13.3 Å². The molecule has 122 valence electrons. The van der Waals surface area contributed by atoms with Crippen LogP contribution in [-0.2, 0) is 11.2 Å². The molecule has 0 fully saturated rings. The van der Waals surface area contributed by atoms with Crippen LogP contribution in [0.1, 0.15) is 11.4 Å². The minimum Gasteiger partial charge on any atom is -0.497 e. The van der Waals surface area contributed by atoms with Crippen LogP contribution in [0.3, 0.4) is 0 Å². The quantitative estimate of drug-likeness (QED) is 0.755. The zero-order valence-corrected chi connectivity index (χ0v) is 13.7. The average molecular weight is 321 g/mol. The topological polar surface area (TPSA) is 67.0 Å². The molecule has 0 aliphatic rings. The number of rotatable bonds is 5. The molecule has 24 heavy (non-hydrogen) atoms. The summed E-state index contributed by atoms with van der Waals surface area (Å²) in [5.74, 6) is 1.54. The van der Waals surface area contributed by atoms with Crippen molar-refractivity contribution in [3.05, 3.63) is 66.1 Å². The molecule has 1 aromatic heterocycles. The van der Waals surface area contributed by atoms with Crippen LogP contribution < -0.4 is 10.1 Å². The van der Waals surface area contributed by atoms with Crippen LogP contribution >= 0.6 is 0 Å². The maximum atomic E-state index is 12.3. The zero-order chi connectivity index (χ0) is 16.9. The summed E-state index contributed by atoms with van der Waals surface area (Å²) in [6.07, 6.45) is 2.08. The number of aryl methyl sites for hydroxylation is 1. The number of aromatic amines is 1. The molecule has 0 radical (unpaired) electrons. The molecule has 0 aliphatic heterocycles. The Morgan fingerprint density at radius 3 is 2.79 bits per heavy atom. The van der Waals surface area contributed by atoms with Gasteiger partial charge in [-0.2, -0.15) is 0 Å². The highest BCUT2D eigenvalue weighted by atomic mass is 16.5. The van der Waals surface area contributed by atoms with Crippen LogP contribution in [-0.4, -0.2) is 23.0 Å². The van der Waals surface area contributed by atoms with Gasteiger partial charge in [-0.05, 0) is 36.8 Å². The first-order valence-electron chi connectivity index (χ1n) is 7.69. The highest BCUT2D eigenvalue weighted by Crippen LogP contribution is 2.21. The number of carbonyl (C=O) groups is 1. The van der Waals surface area contributed by atoms with Crippen molar-refractivity contribution in [2.45, 2.75) is 13.3 Å². The Bertz CT molecular complexity index is 855. The molecule has 2 N–H and O–H groups in total. The monoisotopic (exact) mass is 321 g/mol. The van der Waals surface area contributed by atoms with E-state index in [1.807, 2.05) is 55.5 Å². The lowest BCUT2D eigenvalue weighted by molar-refractivity contribution is -0.115. The van der Waals surface area contributed by atoms with Gasteiger partial charge in [0.15, 0.2) is 0 Å². The van der Waals surface area contributed by atoms with Crippen LogP contribution in [0.15, 0.2) is 54.7 Å². The molecular weight excluding hydrogens is 302 g/mol. The van der Waals surface area contributed by atoms with E-state index in [2.05, 4.69) is 15.3 Å². The number of hydrogen-bond donors (Lipinski definition) is 2. The Kier molecular flexibility index (Phi) is 4.61. The Morgan fingerprint density at radius 2 is 2.04 bits per heavy atom. The second-order valence-electron chi connectivity index (χ2n) is 5.54. The number of nitrogens with zero attached hydrogens (tertiary/aromatic N) is 1. The first-order chi connectivity index (χ1) is 11.6. The first kappa shape index (κ1) is 15.8. The van der Waals surface area contributed by atoms with E-state index in [4.69, 9.17) is 4.74 Å². The summed E-state index contributed by atoms with van der Waals surface area (Å²) in [4.78, 5) is 19.6. The molecule has 1 heterocycles. The van der Waals surface area contributed by atoms with E-state index >= 15 is 0 Å². The van der Waals surface area contributed by atoms with Gasteiger partial charge < -0.3 is 15.0 Å². The number of nitrogens with one attached hydrogen (secondary N) is 2. The second-order valence-corrected chi connectivity index (χ2v) is 5.54. The maximum Gasteiger partial charge on any atom is 0.228 e. The summed E-state index contributed by atoms with van der Waals surface area (Å²) in [5.41, 5.74) is 3.58. The number of benzene rings is 2. The van der Waals surface area contributed by atoms with Crippen molar-refractivity contribution >= 4 is 11.6 Å². The van der Waals surface area contributed by atoms with E-state index in [0.29, 0.717) is 6.42 Å². The normalized spacial score (nSPS) is 10.4. The minimum absolute atomic E-state index is 0.0683. The molecule has 5 heteroatoms. The van der Waals surface area contributed by atoms with Gasteiger partial charge in [-0.25, -0.2) is 4.98 Å². The number of carbonyl (C=O) groups excluding carboxylic acids is 1. The molecule has 3 aromatic rings. The van der Waals surface area contributed by atoms with Crippen LogP contribution in [0.4, 0.5) is 5.69 Å². The van der Waals surface area contributed by atoms with Gasteiger partial charge >= 0.3 is 0 Å². The number of anilines is 1. The van der Waals surface area contributed by atoms with Crippen molar-refractivity contribution in [3.8, 4) is 17.0 Å². The summed E-state index contributed by atoms with van der Waals surface area (Å²) < 4.78 is 5.18. The van der Waals surface area contributed by atoms with Crippen molar-refractivity contribution in [2.75, 3.05) is 12.4 Å². The fourth-order valence-electron chi connectivity index (χ4n) is 2.51. The van der Waals surface area contributed by atoms with E-state index in [-0.39, 0.29) is 5.91 Å². The van der Waals surface area contributed by atoms with Crippen molar-refractivity contribution in [3.63, 3.8) is 0 Å². The van der Waals surface area contributed by atoms with Gasteiger partial charge in [0.2, 0.25) is 5.91 Å². The molecule has 0 saturated carbocycles. The SMILES string of the molecule is COc1cccc(CC(=O)Nc2cccc(-c3cnc(C)[nH]3)c2)c1. The lowest BCUT2D eigenvalue weighted by Crippen LogP contribution is -2.14. The Balaban J connectivity index is 1.70. The Hall–Kier alpha value is -3.08. The number of H-pyrrole nitrogens is 1. The molecule has 0 aliphatic carbocycles. The van der Waals surface area contributed by atoms with E-state index in [9.17, 15) is 4.79 Å². The fourth-order valence-corrected chi connectivity index (χ4v) is 2.51. The van der Waals surface area contributed by atoms with Gasteiger partial charge in [0.1, 0.15) is 11.6 Å². The molecule has 0 bridgehead atoms. The first-order valence-corrected chi connectivity index (χ1v) is 7.69. The molecule has 0 atom stereocenters. The van der Waals surface area contributed by atoms with Crippen molar-refractivity contribution in [1.82, 2.24) is 9.97 Å². The van der Waals surface area contributed by atoms with E-state index < -0.39 is 0 Å². The fraction of sp³-hybridized carbons (Fsp3) is 0.158. The number of imidazole rings is 1. The van der Waals surface area contributed by atoms with E-state index in [1.165, 1.54) is 0 Å². The molecule has 0 spiro atoms. The standard InChI is InChI=1S/C19H19N3O2/c1-13-20-12-18(21-13)15-6-4-7-16(11-15)22-19(23)10-14-5-3-8-17(9-14)24-2/h3-9,11-12H,10H2,1-2H3,(H,20,21)(H,22,23). The van der Waals surface area contributed by atoms with Crippen LogP contribution in [0.2, 0.25) is 0 Å². The minimum atomic E-state index is -0.0683. The van der Waals surface area contributed by atoms with Crippen LogP contribution in [0.5, 0.6) is 5.75 Å². The van der Waals surface area contributed by atoms with Gasteiger partial charge in [0, 0.05) is 11.3 Å². The number of hydrogen-bond acceptors (Lipinski definition) is 3. The lowest BCUT2D eigenvalue weighted by atomic mass is 10.1. The largest absolute Gasteiger partial charge is 0.497 e. The van der Waals surface area contributed by atoms with Gasteiger partial charge in [0.05, 0.1) is 25.4 Å². The third-order valence-electron chi connectivity index (χ3n) is 3.66. The predicted molar refractivity (Wildman–Crippen MR) is 94.1 cm³/mol. The molecule has 5 nitrogen and oxygen atoms in total. The summed E-state index contributed by atoms with van der Waals surface area (Å²) >= 11 is 0. The zero-order valence-electron chi connectivity index (χ0n) is 13.7. The molecule has 1 amide bonds. The summed E-state index contributed by atoms with van der Waals surface area (Å²) in [6, 6.07) is 15.2. The van der Waals surface area contributed by atoms with Gasteiger partial charge in [-0.3, -0.25) is 4.79 Å². The average Bonchev–Trinajstić information content (AvgIpc) is 3.02. The highest BCUT2D eigenvalue weighted by molar-refractivity contribution is 5.92. The molecule has 3 rings (SSSR count). The smallest absolute Gasteiger partial charge is 0.228 e. The third-order valence-corrected chi connectivity index (χ3v) is 3.66. The summed E-state index contributed by atoms with van der Waals surface area (Å²) in [5, 5.41) is 2.93. The molecule has 2 aromatic carbocycles. The van der Waals surface area contributed by atoms with Crippen molar-refractivity contribution in [1.29, 1.82) is 0 Å². The molecule has 0 unspecified atom stereocenters. The number of amides is 1.